The number of rotatable bonds is 5. The molecule has 0 aliphatic heterocycles. The maximum atomic E-state index is 12.7. The number of anilines is 1. The highest BCUT2D eigenvalue weighted by Gasteiger charge is 2.16. The molecule has 29 heavy (non-hydrogen) atoms. The highest BCUT2D eigenvalue weighted by molar-refractivity contribution is 6.06. The van der Waals surface area contributed by atoms with Crippen molar-refractivity contribution < 1.29 is 9.59 Å². The third-order valence-electron chi connectivity index (χ3n) is 4.31. The number of hydrogen-bond donors (Lipinski definition) is 2. The van der Waals surface area contributed by atoms with Crippen LogP contribution in [0.15, 0.2) is 58.4 Å². The van der Waals surface area contributed by atoms with Crippen molar-refractivity contribution in [1.29, 1.82) is 0 Å². The van der Waals surface area contributed by atoms with Gasteiger partial charge in [0.2, 0.25) is 5.91 Å². The Labute approximate surface area is 167 Å². The van der Waals surface area contributed by atoms with Crippen molar-refractivity contribution in [3.8, 4) is 0 Å². The van der Waals surface area contributed by atoms with Gasteiger partial charge in [0.15, 0.2) is 5.69 Å². The number of amides is 2. The summed E-state index contributed by atoms with van der Waals surface area (Å²) in [7, 11) is 0. The molecular weight excluding hydrogens is 370 g/mol. The summed E-state index contributed by atoms with van der Waals surface area (Å²) in [6.45, 7) is 5.31. The summed E-state index contributed by atoms with van der Waals surface area (Å²) in [5.74, 6) is -0.685. The first-order valence-electron chi connectivity index (χ1n) is 9.13. The topological polar surface area (TPSA) is 105 Å². The molecule has 0 aliphatic carbocycles. The maximum absolute atomic E-state index is 12.7. The molecule has 0 aliphatic rings. The first-order valence-corrected chi connectivity index (χ1v) is 9.13. The van der Waals surface area contributed by atoms with Crippen LogP contribution in [0.1, 0.15) is 36.8 Å². The van der Waals surface area contributed by atoms with Crippen molar-refractivity contribution in [2.75, 3.05) is 5.32 Å². The number of carbonyl (C=O) groups is 2. The molecule has 0 unspecified atom stereocenters. The smallest absolute Gasteiger partial charge is 0.292 e. The van der Waals surface area contributed by atoms with E-state index in [9.17, 15) is 14.4 Å². The van der Waals surface area contributed by atoms with Gasteiger partial charge in [-0.25, -0.2) is 10.1 Å². The average Bonchev–Trinajstić information content (AvgIpc) is 2.72. The Bertz CT molecular complexity index is 1180. The van der Waals surface area contributed by atoms with Crippen LogP contribution in [0.3, 0.4) is 0 Å². The second kappa shape index (κ2) is 8.47. The summed E-state index contributed by atoms with van der Waals surface area (Å²) in [6, 6.07) is 14.0. The number of aryl methyl sites for hydroxylation is 1. The highest BCUT2D eigenvalue weighted by Crippen LogP contribution is 2.14. The Morgan fingerprint density at radius 3 is 2.48 bits per heavy atom. The fourth-order valence-electron chi connectivity index (χ4n) is 2.89. The molecule has 2 amide bonds. The number of fused-ring (bicyclic) bond motifs is 1. The van der Waals surface area contributed by atoms with E-state index in [2.05, 4.69) is 20.9 Å². The van der Waals surface area contributed by atoms with E-state index in [0.717, 1.165) is 5.56 Å². The van der Waals surface area contributed by atoms with Crippen molar-refractivity contribution in [2.45, 2.75) is 27.3 Å². The monoisotopic (exact) mass is 391 g/mol. The van der Waals surface area contributed by atoms with E-state index in [1.807, 2.05) is 6.07 Å². The van der Waals surface area contributed by atoms with Gasteiger partial charge in [0.05, 0.1) is 11.1 Å². The molecule has 1 heterocycles. The lowest BCUT2D eigenvalue weighted by molar-refractivity contribution is -0.114. The van der Waals surface area contributed by atoms with Crippen LogP contribution in [-0.4, -0.2) is 27.3 Å². The lowest BCUT2D eigenvalue weighted by atomic mass is 10.1. The molecule has 2 N–H and O–H groups in total. The molecule has 0 saturated heterocycles. The number of benzene rings is 2. The summed E-state index contributed by atoms with van der Waals surface area (Å²) in [5.41, 5.74) is 4.33. The Morgan fingerprint density at radius 1 is 1.07 bits per heavy atom. The van der Waals surface area contributed by atoms with Crippen molar-refractivity contribution in [2.24, 2.45) is 5.10 Å². The normalized spacial score (nSPS) is 11.3. The molecule has 3 rings (SSSR count). The average molecular weight is 391 g/mol. The van der Waals surface area contributed by atoms with Gasteiger partial charge in [-0.2, -0.15) is 10.2 Å². The van der Waals surface area contributed by atoms with Crippen LogP contribution in [-0.2, 0) is 11.3 Å². The molecule has 0 bridgehead atoms. The third-order valence-corrected chi connectivity index (χ3v) is 4.31. The number of hydrogen-bond acceptors (Lipinski definition) is 5. The highest BCUT2D eigenvalue weighted by atomic mass is 16.2. The number of carbonyl (C=O) groups excluding carboxylic acids is 2. The minimum Gasteiger partial charge on any atom is -0.326 e. The molecular formula is C21H21N5O3. The zero-order chi connectivity index (χ0) is 21.0. The minimum absolute atomic E-state index is 0.130. The van der Waals surface area contributed by atoms with Gasteiger partial charge in [-0.05, 0) is 37.6 Å². The minimum atomic E-state index is -0.513. The van der Waals surface area contributed by atoms with E-state index in [1.54, 1.807) is 56.3 Å². The van der Waals surface area contributed by atoms with Crippen LogP contribution in [0.5, 0.6) is 0 Å². The first-order chi connectivity index (χ1) is 13.9. The second-order valence-corrected chi connectivity index (χ2v) is 6.42. The van der Waals surface area contributed by atoms with Crippen LogP contribution in [0, 0.1) is 0 Å². The maximum Gasteiger partial charge on any atom is 0.292 e. The molecule has 2 aromatic carbocycles. The molecule has 0 spiro atoms. The van der Waals surface area contributed by atoms with E-state index in [-0.39, 0.29) is 17.2 Å². The van der Waals surface area contributed by atoms with E-state index < -0.39 is 5.91 Å². The van der Waals surface area contributed by atoms with Crippen molar-refractivity contribution in [1.82, 2.24) is 15.2 Å². The Kier molecular flexibility index (Phi) is 5.82. The predicted octanol–water partition coefficient (Wildman–Crippen LogP) is 2.53. The number of nitrogens with zero attached hydrogens (tertiary/aromatic N) is 3. The molecule has 0 fully saturated rings. The Hall–Kier alpha value is -3.81. The largest absolute Gasteiger partial charge is 0.326 e. The van der Waals surface area contributed by atoms with Gasteiger partial charge < -0.3 is 5.32 Å². The fourth-order valence-corrected chi connectivity index (χ4v) is 2.89. The standard InChI is InChI=1S/C21H21N5O3/c1-4-26-21(29)18-11-6-5-10-17(18)19(25-26)20(28)24-23-13(2)15-8-7-9-16(12-15)22-14(3)27/h5-12H,4H2,1-3H3,(H,22,27)(H,24,28)/b23-13+. The molecule has 8 heteroatoms. The van der Waals surface area contributed by atoms with Gasteiger partial charge in [-0.3, -0.25) is 14.4 Å². The molecule has 8 nitrogen and oxygen atoms in total. The number of nitrogens with one attached hydrogen (secondary N) is 2. The summed E-state index contributed by atoms with van der Waals surface area (Å²) in [4.78, 5) is 36.4. The Morgan fingerprint density at radius 2 is 1.79 bits per heavy atom. The van der Waals surface area contributed by atoms with E-state index >= 15 is 0 Å². The van der Waals surface area contributed by atoms with Gasteiger partial charge in [-0.1, -0.05) is 30.3 Å². The van der Waals surface area contributed by atoms with Crippen LogP contribution in [0.4, 0.5) is 5.69 Å². The molecule has 3 aromatic rings. The zero-order valence-electron chi connectivity index (χ0n) is 16.4. The lowest BCUT2D eigenvalue weighted by Crippen LogP contribution is -2.28. The number of aromatic nitrogens is 2. The second-order valence-electron chi connectivity index (χ2n) is 6.42. The van der Waals surface area contributed by atoms with E-state index in [4.69, 9.17) is 0 Å². The molecule has 0 radical (unpaired) electrons. The molecule has 0 saturated carbocycles. The summed E-state index contributed by atoms with van der Waals surface area (Å²) < 4.78 is 1.25. The first kappa shape index (κ1) is 19.9. The van der Waals surface area contributed by atoms with Crippen molar-refractivity contribution in [3.63, 3.8) is 0 Å². The third kappa shape index (κ3) is 4.37. The molecule has 1 aromatic heterocycles. The van der Waals surface area contributed by atoms with Gasteiger partial charge in [0.1, 0.15) is 0 Å². The predicted molar refractivity (Wildman–Crippen MR) is 112 cm³/mol. The van der Waals surface area contributed by atoms with Crippen molar-refractivity contribution >= 4 is 34.0 Å². The summed E-state index contributed by atoms with van der Waals surface area (Å²) in [5, 5.41) is 12.0. The SMILES string of the molecule is CCn1nc(C(=O)N/N=C(\C)c2cccc(NC(C)=O)c2)c2ccccc2c1=O. The van der Waals surface area contributed by atoms with Gasteiger partial charge >= 0.3 is 0 Å². The van der Waals surface area contributed by atoms with Crippen molar-refractivity contribution in [3.05, 3.63) is 70.1 Å². The van der Waals surface area contributed by atoms with Crippen LogP contribution < -0.4 is 16.3 Å². The fraction of sp³-hybridized carbons (Fsp3) is 0.190. The van der Waals surface area contributed by atoms with E-state index in [0.29, 0.717) is 28.7 Å². The lowest BCUT2D eigenvalue weighted by Gasteiger charge is -2.09. The number of hydrazone groups is 1. The van der Waals surface area contributed by atoms with Gasteiger partial charge in [-0.15, -0.1) is 0 Å². The van der Waals surface area contributed by atoms with Crippen LogP contribution in [0.2, 0.25) is 0 Å². The van der Waals surface area contributed by atoms with Gasteiger partial charge in [0.25, 0.3) is 11.5 Å². The van der Waals surface area contributed by atoms with Crippen LogP contribution in [0.25, 0.3) is 10.8 Å². The van der Waals surface area contributed by atoms with E-state index in [1.165, 1.54) is 11.6 Å². The quantitative estimate of drug-likeness (QED) is 0.515. The Balaban J connectivity index is 1.90. The molecule has 0 atom stereocenters. The van der Waals surface area contributed by atoms with Crippen LogP contribution >= 0.6 is 0 Å². The zero-order valence-corrected chi connectivity index (χ0v) is 16.4. The summed E-state index contributed by atoms with van der Waals surface area (Å²) in [6.07, 6.45) is 0. The molecule has 148 valence electrons. The van der Waals surface area contributed by atoms with Gasteiger partial charge in [0, 0.05) is 24.5 Å². The summed E-state index contributed by atoms with van der Waals surface area (Å²) >= 11 is 0.